The second-order valence-corrected chi connectivity index (χ2v) is 13.2. The van der Waals surface area contributed by atoms with Crippen LogP contribution in [0.3, 0.4) is 0 Å². The minimum atomic E-state index is -1.06. The number of amides is 3. The monoisotopic (exact) mass is 603 g/mol. The van der Waals surface area contributed by atoms with E-state index in [4.69, 9.17) is 9.72 Å². The lowest BCUT2D eigenvalue weighted by atomic mass is 9.70. The van der Waals surface area contributed by atoms with Gasteiger partial charge >= 0.3 is 5.97 Å². The average molecular weight is 604 g/mol. The molecule has 236 valence electrons. The van der Waals surface area contributed by atoms with Gasteiger partial charge in [-0.05, 0) is 81.9 Å². The number of ether oxygens (including phenoxy) is 1. The molecule has 10 heteroatoms. The number of aromatic nitrogens is 1. The van der Waals surface area contributed by atoms with Gasteiger partial charge in [-0.2, -0.15) is 0 Å². The highest BCUT2D eigenvalue weighted by atomic mass is 16.5. The third-order valence-electron chi connectivity index (χ3n) is 9.30. The highest BCUT2D eigenvalue weighted by Crippen LogP contribution is 2.42. The lowest BCUT2D eigenvalue weighted by Gasteiger charge is -2.37. The molecule has 2 aliphatic heterocycles. The molecule has 3 heterocycles. The van der Waals surface area contributed by atoms with Crippen LogP contribution in [0.15, 0.2) is 36.4 Å². The van der Waals surface area contributed by atoms with Crippen LogP contribution in [0.2, 0.25) is 0 Å². The van der Waals surface area contributed by atoms with Crippen LogP contribution in [0.25, 0.3) is 17.0 Å². The predicted octanol–water partition coefficient (Wildman–Crippen LogP) is 4.20. The van der Waals surface area contributed by atoms with Gasteiger partial charge in [-0.1, -0.05) is 51.1 Å². The second-order valence-electron chi connectivity index (χ2n) is 13.2. The highest BCUT2D eigenvalue weighted by Gasteiger charge is 2.43. The van der Waals surface area contributed by atoms with Crippen molar-refractivity contribution in [1.29, 1.82) is 0 Å². The van der Waals surface area contributed by atoms with Gasteiger partial charge in [0, 0.05) is 11.9 Å². The molecule has 1 aliphatic carbocycles. The van der Waals surface area contributed by atoms with E-state index in [0.29, 0.717) is 38.1 Å². The van der Waals surface area contributed by atoms with Crippen molar-refractivity contribution in [2.24, 2.45) is 17.3 Å². The third kappa shape index (κ3) is 6.80. The number of hydrogen-bond donors (Lipinski definition) is 3. The summed E-state index contributed by atoms with van der Waals surface area (Å²) in [5.41, 5.74) is 4.58. The fourth-order valence-corrected chi connectivity index (χ4v) is 6.30. The molecular formula is C34H45N5O5. The van der Waals surface area contributed by atoms with E-state index >= 15 is 0 Å². The lowest BCUT2D eigenvalue weighted by Crippen LogP contribution is -2.61. The first-order chi connectivity index (χ1) is 21.0. The topological polar surface area (TPSA) is 130 Å². The molecule has 1 aromatic heterocycles. The van der Waals surface area contributed by atoms with Gasteiger partial charge in [0.15, 0.2) is 6.10 Å². The summed E-state index contributed by atoms with van der Waals surface area (Å²) >= 11 is 0. The molecule has 5 rings (SSSR count). The van der Waals surface area contributed by atoms with E-state index in [1.807, 2.05) is 63.3 Å². The van der Waals surface area contributed by atoms with Crippen LogP contribution >= 0.6 is 0 Å². The molecule has 3 aliphatic rings. The van der Waals surface area contributed by atoms with Gasteiger partial charge in [0.1, 0.15) is 12.1 Å². The van der Waals surface area contributed by atoms with Crippen LogP contribution < -0.4 is 16.1 Å². The van der Waals surface area contributed by atoms with Crippen LogP contribution in [-0.2, 0) is 23.9 Å². The molecule has 10 nitrogen and oxygen atoms in total. The minimum absolute atomic E-state index is 0.227. The number of benzene rings is 1. The number of nitrogens with one attached hydrogen (secondary N) is 3. The molecule has 0 radical (unpaired) electrons. The van der Waals surface area contributed by atoms with Crippen LogP contribution in [-0.4, -0.2) is 58.4 Å². The predicted molar refractivity (Wildman–Crippen MR) is 168 cm³/mol. The van der Waals surface area contributed by atoms with Gasteiger partial charge in [0.25, 0.3) is 11.8 Å². The van der Waals surface area contributed by atoms with Gasteiger partial charge in [0.2, 0.25) is 5.91 Å². The number of cyclic esters (lactones) is 1. The number of pyridine rings is 1. The first kappa shape index (κ1) is 31.6. The normalized spacial score (nSPS) is 31.5. The molecule has 3 N–H and O–H groups in total. The van der Waals surface area contributed by atoms with E-state index in [-0.39, 0.29) is 23.8 Å². The van der Waals surface area contributed by atoms with Crippen molar-refractivity contribution in [2.75, 3.05) is 6.54 Å². The maximum absolute atomic E-state index is 14.0. The molecule has 5 bridgehead atoms. The molecule has 2 aromatic rings. The largest absolute Gasteiger partial charge is 0.451 e. The number of carbonyl (C=O) groups is 4. The van der Waals surface area contributed by atoms with E-state index in [0.717, 1.165) is 35.0 Å². The fourth-order valence-electron chi connectivity index (χ4n) is 6.30. The van der Waals surface area contributed by atoms with Gasteiger partial charge in [-0.3, -0.25) is 29.2 Å². The zero-order valence-electron chi connectivity index (χ0n) is 26.4. The van der Waals surface area contributed by atoms with Gasteiger partial charge in [-0.15, -0.1) is 0 Å². The van der Waals surface area contributed by atoms with Crippen molar-refractivity contribution in [3.8, 4) is 0 Å². The molecule has 1 saturated heterocycles. The molecule has 1 spiro atoms. The van der Waals surface area contributed by atoms with Crippen molar-refractivity contribution in [3.05, 3.63) is 47.7 Å². The number of fused-ring (bicyclic) bond motifs is 4. The molecule has 0 unspecified atom stereocenters. The zero-order valence-corrected chi connectivity index (χ0v) is 26.4. The highest BCUT2D eigenvalue weighted by molar-refractivity contribution is 5.92. The Labute approximate surface area is 259 Å². The summed E-state index contributed by atoms with van der Waals surface area (Å²) in [5, 5.41) is 8.18. The van der Waals surface area contributed by atoms with Gasteiger partial charge in [0.05, 0.1) is 22.7 Å². The molecule has 1 aromatic carbocycles. The number of nitrogens with zero attached hydrogens (tertiary/aromatic N) is 2. The Morgan fingerprint density at radius 2 is 1.64 bits per heavy atom. The molecule has 2 fully saturated rings. The Kier molecular flexibility index (Phi) is 9.39. The number of carbonyl (C=O) groups excluding carboxylic acids is 4. The first-order valence-electron chi connectivity index (χ1n) is 15.9. The standard InChI is InChI=1S/C34H45N5O5/c1-20(2)29-31(41)36-23(5)32(42)39-18-6-7-27(38-39)30(40)35-22(4)26-11-10-25-9-8-24(19-28(25)37-26)14-17-34(33(43)44-29)15-12-21(3)13-16-34/h8-11,14,17,19-23,27,29,38H,6-7,12-13,15-16,18H2,1-5H3,(H,35,40)(H,36,41)/b17-14+/t21-,22-,23+,27+,29-,34+/m1/s1. The SMILES string of the molecule is CC(C)[C@H]1OC(=O)[C@]2(/C=C/c3ccc4ccc(nc4c3)[C@@H](C)NC(=O)[C@@H]3CCCN(N3)C(=O)[C@H](C)NC1=O)CC[C@H](C)CC2. The Balaban J connectivity index is 1.53. The van der Waals surface area contributed by atoms with Crippen LogP contribution in [0.4, 0.5) is 0 Å². The second kappa shape index (κ2) is 13.1. The summed E-state index contributed by atoms with van der Waals surface area (Å²) < 4.78 is 6.01. The Bertz CT molecular complexity index is 1450. The molecule has 4 atom stereocenters. The third-order valence-corrected chi connectivity index (χ3v) is 9.30. The minimum Gasteiger partial charge on any atom is -0.451 e. The fraction of sp³-hybridized carbons (Fsp3) is 0.559. The van der Waals surface area contributed by atoms with Crippen LogP contribution in [0, 0.1) is 17.3 Å². The Morgan fingerprint density at radius 3 is 2.36 bits per heavy atom. The summed E-state index contributed by atoms with van der Waals surface area (Å²) in [4.78, 5) is 58.9. The van der Waals surface area contributed by atoms with E-state index < -0.39 is 35.5 Å². The molecule has 1 saturated carbocycles. The van der Waals surface area contributed by atoms with Crippen molar-refractivity contribution >= 4 is 40.7 Å². The van der Waals surface area contributed by atoms with E-state index in [1.165, 1.54) is 5.01 Å². The Hall–Kier alpha value is -3.79. The Morgan fingerprint density at radius 1 is 0.932 bits per heavy atom. The van der Waals surface area contributed by atoms with Crippen molar-refractivity contribution in [3.63, 3.8) is 0 Å². The zero-order chi connectivity index (χ0) is 31.6. The number of hydrazine groups is 1. The van der Waals surface area contributed by atoms with Crippen molar-refractivity contribution in [1.82, 2.24) is 26.1 Å². The van der Waals surface area contributed by atoms with Crippen LogP contribution in [0.5, 0.6) is 0 Å². The maximum Gasteiger partial charge on any atom is 0.316 e. The van der Waals surface area contributed by atoms with Crippen LogP contribution in [0.1, 0.15) is 90.4 Å². The molecular weight excluding hydrogens is 558 g/mol. The maximum atomic E-state index is 14.0. The number of hydrogen-bond acceptors (Lipinski definition) is 7. The summed E-state index contributed by atoms with van der Waals surface area (Å²) in [7, 11) is 0. The average Bonchev–Trinajstić information content (AvgIpc) is 3.01. The smallest absolute Gasteiger partial charge is 0.316 e. The van der Waals surface area contributed by atoms with Gasteiger partial charge < -0.3 is 15.4 Å². The lowest BCUT2D eigenvalue weighted by molar-refractivity contribution is -0.168. The number of rotatable bonds is 1. The van der Waals surface area contributed by atoms with E-state index in [1.54, 1.807) is 6.92 Å². The first-order valence-corrected chi connectivity index (χ1v) is 15.9. The van der Waals surface area contributed by atoms with Crippen molar-refractivity contribution in [2.45, 2.75) is 97.4 Å². The van der Waals surface area contributed by atoms with Crippen molar-refractivity contribution < 1.29 is 23.9 Å². The van der Waals surface area contributed by atoms with E-state index in [2.05, 4.69) is 23.0 Å². The summed E-state index contributed by atoms with van der Waals surface area (Å²) in [6.45, 7) is 9.73. The summed E-state index contributed by atoms with van der Waals surface area (Å²) in [6.07, 6.45) is 7.02. The molecule has 3 amide bonds. The number of esters is 1. The van der Waals surface area contributed by atoms with Gasteiger partial charge in [-0.25, -0.2) is 5.43 Å². The summed E-state index contributed by atoms with van der Waals surface area (Å²) in [5.74, 6) is -1.34. The quantitative estimate of drug-likeness (QED) is 0.417. The van der Waals surface area contributed by atoms with E-state index in [9.17, 15) is 19.2 Å². The molecule has 44 heavy (non-hydrogen) atoms. The summed E-state index contributed by atoms with van der Waals surface area (Å²) in [6, 6.07) is 8.01.